The van der Waals surface area contributed by atoms with Gasteiger partial charge in [-0.1, -0.05) is 30.3 Å². The van der Waals surface area contributed by atoms with Crippen LogP contribution in [0, 0.1) is 6.92 Å². The maximum absolute atomic E-state index is 12.6. The number of amides is 3. The molecule has 33 heavy (non-hydrogen) atoms. The lowest BCUT2D eigenvalue weighted by atomic mass is 10.1. The summed E-state index contributed by atoms with van der Waals surface area (Å²) in [5.74, 6) is 0.358. The molecular weight excluding hydrogens is 420 g/mol. The van der Waals surface area contributed by atoms with E-state index in [0.29, 0.717) is 44.0 Å². The number of ether oxygens (including phenoxy) is 1. The summed E-state index contributed by atoms with van der Waals surface area (Å²) < 4.78 is 5.15. The van der Waals surface area contributed by atoms with Crippen molar-refractivity contribution in [2.45, 2.75) is 13.3 Å². The normalized spacial score (nSPS) is 14.0. The average Bonchev–Trinajstić information content (AvgIpc) is 2.81. The first-order chi connectivity index (χ1) is 15.9. The molecule has 8 nitrogen and oxygen atoms in total. The molecule has 0 aromatic heterocycles. The number of methoxy groups -OCH3 is 1. The number of nitrogens with one attached hydrogen (secondary N) is 1. The molecule has 2 aromatic rings. The van der Waals surface area contributed by atoms with Gasteiger partial charge in [-0.3, -0.25) is 19.3 Å². The smallest absolute Gasteiger partial charge is 0.243 e. The zero-order chi connectivity index (χ0) is 23.8. The molecule has 0 saturated carbocycles. The van der Waals surface area contributed by atoms with Crippen LogP contribution in [0.3, 0.4) is 0 Å². The highest BCUT2D eigenvalue weighted by atomic mass is 16.5. The van der Waals surface area contributed by atoms with E-state index in [-0.39, 0.29) is 30.8 Å². The zero-order valence-electron chi connectivity index (χ0n) is 19.5. The van der Waals surface area contributed by atoms with E-state index in [2.05, 4.69) is 5.32 Å². The lowest BCUT2D eigenvalue weighted by Crippen LogP contribution is -2.52. The second-order valence-electron chi connectivity index (χ2n) is 8.29. The monoisotopic (exact) mass is 452 g/mol. The zero-order valence-corrected chi connectivity index (χ0v) is 19.5. The first kappa shape index (κ1) is 24.3. The van der Waals surface area contributed by atoms with E-state index in [0.717, 1.165) is 11.1 Å². The Labute approximate surface area is 195 Å². The molecule has 0 bridgehead atoms. The summed E-state index contributed by atoms with van der Waals surface area (Å²) >= 11 is 0. The highest BCUT2D eigenvalue weighted by Crippen LogP contribution is 2.16. The maximum atomic E-state index is 12.6. The molecule has 1 heterocycles. The van der Waals surface area contributed by atoms with Crippen molar-refractivity contribution in [3.63, 3.8) is 0 Å². The van der Waals surface area contributed by atoms with Crippen LogP contribution < -0.4 is 10.1 Å². The van der Waals surface area contributed by atoms with Crippen molar-refractivity contribution in [1.82, 2.24) is 14.7 Å². The van der Waals surface area contributed by atoms with Gasteiger partial charge in [0.25, 0.3) is 0 Å². The summed E-state index contributed by atoms with van der Waals surface area (Å²) in [5, 5.41) is 2.78. The van der Waals surface area contributed by atoms with Gasteiger partial charge in [0.15, 0.2) is 0 Å². The molecular formula is C25H32N4O4. The van der Waals surface area contributed by atoms with Crippen LogP contribution in [-0.2, 0) is 20.8 Å². The fourth-order valence-electron chi connectivity index (χ4n) is 3.76. The van der Waals surface area contributed by atoms with E-state index in [1.54, 1.807) is 38.4 Å². The first-order valence-corrected chi connectivity index (χ1v) is 11.1. The van der Waals surface area contributed by atoms with Crippen LogP contribution in [0.15, 0.2) is 48.5 Å². The summed E-state index contributed by atoms with van der Waals surface area (Å²) in [4.78, 5) is 42.9. The van der Waals surface area contributed by atoms with Gasteiger partial charge < -0.3 is 19.9 Å². The van der Waals surface area contributed by atoms with Gasteiger partial charge in [-0.2, -0.15) is 0 Å². The summed E-state index contributed by atoms with van der Waals surface area (Å²) in [7, 11) is 3.18. The Morgan fingerprint density at radius 3 is 2.45 bits per heavy atom. The number of nitrogens with zero attached hydrogens (tertiary/aromatic N) is 3. The van der Waals surface area contributed by atoms with Gasteiger partial charge in [-0.25, -0.2) is 0 Å². The summed E-state index contributed by atoms with van der Waals surface area (Å²) in [6, 6.07) is 15.0. The van der Waals surface area contributed by atoms with E-state index in [1.807, 2.05) is 41.0 Å². The van der Waals surface area contributed by atoms with Crippen molar-refractivity contribution in [2.75, 3.05) is 58.7 Å². The lowest BCUT2D eigenvalue weighted by molar-refractivity contribution is -0.136. The lowest BCUT2D eigenvalue weighted by Gasteiger charge is -2.35. The van der Waals surface area contributed by atoms with Crippen LogP contribution in [-0.4, -0.2) is 85.8 Å². The molecule has 3 rings (SSSR count). The Kier molecular flexibility index (Phi) is 8.43. The minimum absolute atomic E-state index is 0.0368. The first-order valence-electron chi connectivity index (χ1n) is 11.1. The van der Waals surface area contributed by atoms with Gasteiger partial charge in [0.05, 0.1) is 26.6 Å². The number of carbonyl (C=O) groups excluding carboxylic acids is 3. The number of benzene rings is 2. The summed E-state index contributed by atoms with van der Waals surface area (Å²) in [6.45, 7) is 4.66. The largest absolute Gasteiger partial charge is 0.497 e. The second-order valence-corrected chi connectivity index (χ2v) is 8.29. The Morgan fingerprint density at radius 2 is 1.76 bits per heavy atom. The fraction of sp³-hybridized carbons (Fsp3) is 0.400. The Bertz CT molecular complexity index is 986. The third-order valence-corrected chi connectivity index (χ3v) is 5.85. The van der Waals surface area contributed by atoms with Crippen molar-refractivity contribution in [2.24, 2.45) is 0 Å². The molecule has 1 N–H and O–H groups in total. The van der Waals surface area contributed by atoms with Gasteiger partial charge in [-0.15, -0.1) is 0 Å². The number of likely N-dealkylation sites (N-methyl/N-ethyl adjacent to an activating group) is 1. The highest BCUT2D eigenvalue weighted by Gasteiger charge is 2.24. The Morgan fingerprint density at radius 1 is 1.03 bits per heavy atom. The van der Waals surface area contributed by atoms with Crippen LogP contribution >= 0.6 is 0 Å². The topological polar surface area (TPSA) is 82.2 Å². The third kappa shape index (κ3) is 7.05. The Hall–Kier alpha value is -3.39. The number of hydrogen-bond acceptors (Lipinski definition) is 5. The van der Waals surface area contributed by atoms with Crippen molar-refractivity contribution < 1.29 is 19.1 Å². The van der Waals surface area contributed by atoms with Crippen LogP contribution in [0.1, 0.15) is 11.1 Å². The minimum atomic E-state index is -0.272. The number of hydrogen-bond donors (Lipinski definition) is 1. The molecule has 0 aliphatic carbocycles. The molecule has 1 aliphatic rings. The Balaban J connectivity index is 1.41. The highest BCUT2D eigenvalue weighted by molar-refractivity contribution is 5.94. The molecule has 0 atom stereocenters. The molecule has 0 unspecified atom stereocenters. The van der Waals surface area contributed by atoms with Crippen molar-refractivity contribution >= 4 is 23.4 Å². The van der Waals surface area contributed by atoms with Gasteiger partial charge in [0.1, 0.15) is 5.75 Å². The molecule has 176 valence electrons. The molecule has 1 aliphatic heterocycles. The van der Waals surface area contributed by atoms with Crippen LogP contribution in [0.5, 0.6) is 5.75 Å². The molecule has 3 amide bonds. The van der Waals surface area contributed by atoms with Gasteiger partial charge in [-0.05, 0) is 30.2 Å². The van der Waals surface area contributed by atoms with Gasteiger partial charge >= 0.3 is 0 Å². The minimum Gasteiger partial charge on any atom is -0.497 e. The van der Waals surface area contributed by atoms with Crippen LogP contribution in [0.2, 0.25) is 0 Å². The predicted molar refractivity (Wildman–Crippen MR) is 127 cm³/mol. The molecule has 0 spiro atoms. The maximum Gasteiger partial charge on any atom is 0.243 e. The standard InChI is InChI=1S/C25H32N4O4/c1-19-7-4-5-8-20(19)15-24(31)29-13-11-28(12-14-29)18-25(32)27(2)17-23(30)26-21-9-6-10-22(16-21)33-3/h4-10,16H,11-15,17-18H2,1-3H3,(H,26,30). The van der Waals surface area contributed by atoms with Crippen LogP contribution in [0.25, 0.3) is 0 Å². The predicted octanol–water partition coefficient (Wildman–Crippen LogP) is 1.79. The summed E-state index contributed by atoms with van der Waals surface area (Å²) in [5.41, 5.74) is 2.79. The van der Waals surface area contributed by atoms with E-state index >= 15 is 0 Å². The van der Waals surface area contributed by atoms with Crippen molar-refractivity contribution in [3.05, 3.63) is 59.7 Å². The average molecular weight is 453 g/mol. The SMILES string of the molecule is COc1cccc(NC(=O)CN(C)C(=O)CN2CCN(C(=O)Cc3ccccc3C)CC2)c1. The molecule has 1 fully saturated rings. The number of piperazine rings is 1. The van der Waals surface area contributed by atoms with Crippen molar-refractivity contribution in [3.8, 4) is 5.75 Å². The van der Waals surface area contributed by atoms with Crippen LogP contribution in [0.4, 0.5) is 5.69 Å². The van der Waals surface area contributed by atoms with Gasteiger partial charge in [0, 0.05) is 45.0 Å². The van der Waals surface area contributed by atoms with E-state index < -0.39 is 0 Å². The number of anilines is 1. The molecule has 1 saturated heterocycles. The summed E-state index contributed by atoms with van der Waals surface area (Å²) in [6.07, 6.45) is 0.400. The molecule has 2 aromatic carbocycles. The van der Waals surface area contributed by atoms with Crippen molar-refractivity contribution in [1.29, 1.82) is 0 Å². The molecule has 0 radical (unpaired) electrons. The quantitative estimate of drug-likeness (QED) is 0.660. The van der Waals surface area contributed by atoms with E-state index in [9.17, 15) is 14.4 Å². The third-order valence-electron chi connectivity index (χ3n) is 5.85. The van der Waals surface area contributed by atoms with E-state index in [1.165, 1.54) is 4.90 Å². The number of aryl methyl sites for hydroxylation is 1. The van der Waals surface area contributed by atoms with Gasteiger partial charge in [0.2, 0.25) is 17.7 Å². The fourth-order valence-corrected chi connectivity index (χ4v) is 3.76. The number of rotatable bonds is 8. The molecule has 8 heteroatoms. The second kappa shape index (κ2) is 11.5. The number of carbonyl (C=O) groups is 3. The van der Waals surface area contributed by atoms with E-state index in [4.69, 9.17) is 4.74 Å².